The number of fused-ring (bicyclic) bond motifs is 1. The molecule has 174 valence electrons. The molecule has 1 N–H and O–H groups in total. The first-order chi connectivity index (χ1) is 16.3. The van der Waals surface area contributed by atoms with Crippen molar-refractivity contribution in [2.24, 2.45) is 5.16 Å². The molecule has 0 spiro atoms. The molecule has 3 aromatic rings. The summed E-state index contributed by atoms with van der Waals surface area (Å²) in [5, 5.41) is 15.2. The van der Waals surface area contributed by atoms with Crippen LogP contribution in [0.3, 0.4) is 0 Å². The van der Waals surface area contributed by atoms with Crippen LogP contribution in [-0.4, -0.2) is 52.2 Å². The second-order valence-electron chi connectivity index (χ2n) is 8.18. The van der Waals surface area contributed by atoms with Crippen LogP contribution in [0.5, 0.6) is 0 Å². The predicted molar refractivity (Wildman–Crippen MR) is 127 cm³/mol. The van der Waals surface area contributed by atoms with Crippen LogP contribution in [0, 0.1) is 0 Å². The molecule has 1 aliphatic rings. The fraction of sp³-hybridized carbons (Fsp3) is 0.231. The summed E-state index contributed by atoms with van der Waals surface area (Å²) in [4.78, 5) is 45.3. The van der Waals surface area contributed by atoms with E-state index in [1.807, 2.05) is 49.4 Å². The Morgan fingerprint density at radius 3 is 2.44 bits per heavy atom. The number of benzene rings is 3. The van der Waals surface area contributed by atoms with Crippen LogP contribution in [0.15, 0.2) is 71.9 Å². The van der Waals surface area contributed by atoms with Gasteiger partial charge < -0.3 is 14.8 Å². The highest BCUT2D eigenvalue weighted by Crippen LogP contribution is 2.38. The maximum atomic E-state index is 13.4. The Labute approximate surface area is 197 Å². The molecule has 1 atom stereocenters. The lowest BCUT2D eigenvalue weighted by atomic mass is 9.89. The Bertz CT molecular complexity index is 1270. The van der Waals surface area contributed by atoms with Gasteiger partial charge in [-0.1, -0.05) is 65.8 Å². The minimum absolute atomic E-state index is 0.148. The number of carboxylic acid groups (broad SMARTS) is 1. The second-order valence-corrected chi connectivity index (χ2v) is 8.18. The molecule has 1 heterocycles. The number of carbonyl (C=O) groups is 3. The number of imide groups is 1. The van der Waals surface area contributed by atoms with Crippen molar-refractivity contribution in [3.05, 3.63) is 83.4 Å². The molecule has 0 saturated carbocycles. The molecule has 0 radical (unpaired) electrons. The number of oxime groups is 1. The lowest BCUT2D eigenvalue weighted by Crippen LogP contribution is -2.44. The Morgan fingerprint density at radius 2 is 1.76 bits per heavy atom. The molecule has 8 nitrogen and oxygen atoms in total. The van der Waals surface area contributed by atoms with Crippen molar-refractivity contribution in [2.45, 2.75) is 25.9 Å². The number of urea groups is 1. The molecule has 3 amide bonds. The van der Waals surface area contributed by atoms with Crippen molar-refractivity contribution >= 4 is 34.9 Å². The zero-order chi connectivity index (χ0) is 24.3. The topological polar surface area (TPSA) is 99.5 Å². The van der Waals surface area contributed by atoms with E-state index in [1.165, 1.54) is 4.90 Å². The van der Waals surface area contributed by atoms with E-state index < -0.39 is 30.0 Å². The summed E-state index contributed by atoms with van der Waals surface area (Å²) in [6, 6.07) is 20.1. The zero-order valence-electron chi connectivity index (χ0n) is 19.0. The van der Waals surface area contributed by atoms with Crippen molar-refractivity contribution in [3.63, 3.8) is 0 Å². The van der Waals surface area contributed by atoms with Crippen LogP contribution >= 0.6 is 0 Å². The van der Waals surface area contributed by atoms with E-state index in [0.29, 0.717) is 12.2 Å². The van der Waals surface area contributed by atoms with Gasteiger partial charge in [0, 0.05) is 6.54 Å². The van der Waals surface area contributed by atoms with Crippen molar-refractivity contribution < 1.29 is 24.3 Å². The molecule has 1 aliphatic heterocycles. The van der Waals surface area contributed by atoms with Crippen LogP contribution in [0.1, 0.15) is 30.5 Å². The normalized spacial score (nSPS) is 18.3. The van der Waals surface area contributed by atoms with Crippen molar-refractivity contribution in [2.75, 3.05) is 13.2 Å². The van der Waals surface area contributed by atoms with Crippen LogP contribution in [0.4, 0.5) is 4.79 Å². The average Bonchev–Trinajstić information content (AvgIpc) is 3.01. The van der Waals surface area contributed by atoms with Crippen molar-refractivity contribution in [3.8, 4) is 0 Å². The number of rotatable bonds is 8. The van der Waals surface area contributed by atoms with Gasteiger partial charge in [-0.05, 0) is 47.4 Å². The number of aliphatic carboxylic acids is 1. The van der Waals surface area contributed by atoms with Crippen molar-refractivity contribution in [1.29, 1.82) is 0 Å². The molecule has 0 unspecified atom stereocenters. The monoisotopic (exact) mass is 459 g/mol. The number of amides is 3. The second kappa shape index (κ2) is 9.35. The van der Waals surface area contributed by atoms with E-state index in [-0.39, 0.29) is 6.54 Å². The van der Waals surface area contributed by atoms with Gasteiger partial charge in [0.15, 0.2) is 0 Å². The van der Waals surface area contributed by atoms with Gasteiger partial charge in [0.05, 0.1) is 6.21 Å². The van der Waals surface area contributed by atoms with Gasteiger partial charge in [-0.3, -0.25) is 14.5 Å². The number of hydrogen-bond donors (Lipinski definition) is 1. The average molecular weight is 460 g/mol. The minimum atomic E-state index is -1.37. The first-order valence-electron chi connectivity index (χ1n) is 10.9. The third-order valence-electron chi connectivity index (χ3n) is 5.99. The van der Waals surface area contributed by atoms with E-state index in [0.717, 1.165) is 26.8 Å². The number of nitrogens with zero attached hydrogens (tertiary/aromatic N) is 3. The summed E-state index contributed by atoms with van der Waals surface area (Å²) in [6.07, 6.45) is 1.56. The van der Waals surface area contributed by atoms with Gasteiger partial charge in [-0.2, -0.15) is 0 Å². The van der Waals surface area contributed by atoms with E-state index in [9.17, 15) is 19.5 Å². The summed E-state index contributed by atoms with van der Waals surface area (Å²) >= 11 is 0. The summed E-state index contributed by atoms with van der Waals surface area (Å²) in [5.74, 6) is -1.82. The molecule has 8 heteroatoms. The number of hydrogen-bond acceptors (Lipinski definition) is 5. The highest BCUT2D eigenvalue weighted by molar-refractivity contribution is 6.08. The molecule has 34 heavy (non-hydrogen) atoms. The van der Waals surface area contributed by atoms with E-state index in [4.69, 9.17) is 4.84 Å². The lowest BCUT2D eigenvalue weighted by molar-refractivity contribution is -0.143. The van der Waals surface area contributed by atoms with Crippen LogP contribution in [0.25, 0.3) is 10.8 Å². The lowest BCUT2D eigenvalue weighted by Gasteiger charge is -2.32. The van der Waals surface area contributed by atoms with Gasteiger partial charge in [0.2, 0.25) is 0 Å². The molecule has 0 bridgehead atoms. The van der Waals surface area contributed by atoms with Gasteiger partial charge in [0.25, 0.3) is 5.91 Å². The van der Waals surface area contributed by atoms with Crippen LogP contribution < -0.4 is 0 Å². The van der Waals surface area contributed by atoms with Gasteiger partial charge in [-0.15, -0.1) is 0 Å². The standard InChI is InChI=1S/C26H25N3O5/c1-3-34-27-15-18-9-12-22(13-10-18)26(2)24(32)28(17-23(30)31)25(33)29(26)16-19-8-11-20-6-4-5-7-21(20)14-19/h4-15H,3,16-17H2,1-2H3,(H,30,31)/t26-/m1/s1. The summed E-state index contributed by atoms with van der Waals surface area (Å²) < 4.78 is 0. The largest absolute Gasteiger partial charge is 0.480 e. The number of carboxylic acids is 1. The van der Waals surface area contributed by atoms with E-state index in [2.05, 4.69) is 5.16 Å². The van der Waals surface area contributed by atoms with Gasteiger partial charge in [0.1, 0.15) is 18.7 Å². The Kier molecular flexibility index (Phi) is 6.32. The van der Waals surface area contributed by atoms with Gasteiger partial charge in [-0.25, -0.2) is 4.79 Å². The summed E-state index contributed by atoms with van der Waals surface area (Å²) in [7, 11) is 0. The third-order valence-corrected chi connectivity index (χ3v) is 5.99. The fourth-order valence-electron chi connectivity index (χ4n) is 4.17. The minimum Gasteiger partial charge on any atom is -0.480 e. The smallest absolute Gasteiger partial charge is 0.328 e. The first-order valence-corrected chi connectivity index (χ1v) is 10.9. The Morgan fingerprint density at radius 1 is 1.06 bits per heavy atom. The SMILES string of the molecule is CCON=Cc1ccc([C@]2(C)C(=O)N(CC(=O)O)C(=O)N2Cc2ccc3ccccc3c2)cc1. The number of carbonyl (C=O) groups excluding carboxylic acids is 2. The maximum Gasteiger partial charge on any atom is 0.328 e. The Balaban J connectivity index is 1.72. The predicted octanol–water partition coefficient (Wildman–Crippen LogP) is 3.97. The summed E-state index contributed by atoms with van der Waals surface area (Å²) in [5.41, 5.74) is 0.811. The van der Waals surface area contributed by atoms with Crippen LogP contribution in [0.2, 0.25) is 0 Å². The van der Waals surface area contributed by atoms with Gasteiger partial charge >= 0.3 is 12.0 Å². The van der Waals surface area contributed by atoms with Crippen molar-refractivity contribution in [1.82, 2.24) is 9.80 Å². The molecule has 1 saturated heterocycles. The maximum absolute atomic E-state index is 13.4. The summed E-state index contributed by atoms with van der Waals surface area (Å²) in [6.45, 7) is 3.39. The molecule has 4 rings (SSSR count). The zero-order valence-corrected chi connectivity index (χ0v) is 19.0. The molecular weight excluding hydrogens is 434 g/mol. The quantitative estimate of drug-likeness (QED) is 0.312. The molecule has 1 fully saturated rings. The molecule has 3 aromatic carbocycles. The highest BCUT2D eigenvalue weighted by atomic mass is 16.6. The fourth-order valence-corrected chi connectivity index (χ4v) is 4.17. The Hall–Kier alpha value is -4.20. The van der Waals surface area contributed by atoms with E-state index >= 15 is 0 Å². The van der Waals surface area contributed by atoms with E-state index in [1.54, 1.807) is 37.4 Å². The first kappa shape index (κ1) is 23.0. The molecule has 0 aromatic heterocycles. The highest BCUT2D eigenvalue weighted by Gasteiger charge is 2.55. The molecular formula is C26H25N3O5. The third kappa shape index (κ3) is 4.22. The van der Waals surface area contributed by atoms with Crippen LogP contribution in [-0.2, 0) is 26.5 Å². The molecule has 0 aliphatic carbocycles.